The second-order valence-corrected chi connectivity index (χ2v) is 3.50. The Morgan fingerprint density at radius 2 is 2.00 bits per heavy atom. The van der Waals surface area contributed by atoms with E-state index in [2.05, 4.69) is 5.32 Å². The molecule has 0 aromatic heterocycles. The molecule has 0 saturated heterocycles. The number of aliphatic carboxylic acids is 1. The molecule has 0 bridgehead atoms. The Bertz CT molecular complexity index is 223. The fourth-order valence-corrected chi connectivity index (χ4v) is 1.07. The maximum atomic E-state index is 11.1. The van der Waals surface area contributed by atoms with Crippen molar-refractivity contribution in [3.05, 3.63) is 0 Å². The van der Waals surface area contributed by atoms with Crippen molar-refractivity contribution in [3.63, 3.8) is 0 Å². The third kappa shape index (κ3) is 2.61. The lowest BCUT2D eigenvalue weighted by atomic mass is 10.2. The van der Waals surface area contributed by atoms with Gasteiger partial charge in [-0.1, -0.05) is 0 Å². The number of hydrogen-bond donors (Lipinski definition) is 2. The Hall–Kier alpha value is -1.26. The smallest absolute Gasteiger partial charge is 0.326 e. The monoisotopic (exact) mass is 186 g/mol. The molecular weight excluding hydrogens is 172 g/mol. The van der Waals surface area contributed by atoms with Gasteiger partial charge in [0.05, 0.1) is 0 Å². The Labute approximate surface area is 76.7 Å². The first-order valence-electron chi connectivity index (χ1n) is 4.23. The van der Waals surface area contributed by atoms with Crippen LogP contribution in [-0.2, 0) is 4.79 Å². The number of nitrogens with one attached hydrogen (secondary N) is 1. The highest BCUT2D eigenvalue weighted by molar-refractivity contribution is 5.82. The molecule has 0 heterocycles. The molecule has 1 saturated carbocycles. The molecule has 74 valence electrons. The average molecular weight is 186 g/mol. The van der Waals surface area contributed by atoms with E-state index in [-0.39, 0.29) is 11.9 Å². The largest absolute Gasteiger partial charge is 0.480 e. The molecule has 2 amide bonds. The maximum Gasteiger partial charge on any atom is 0.326 e. The highest BCUT2D eigenvalue weighted by Gasteiger charge is 2.37. The molecule has 0 aliphatic heterocycles. The highest BCUT2D eigenvalue weighted by atomic mass is 16.4. The van der Waals surface area contributed by atoms with Gasteiger partial charge in [-0.15, -0.1) is 0 Å². The van der Waals surface area contributed by atoms with E-state index in [1.807, 2.05) is 0 Å². The molecule has 1 aliphatic carbocycles. The van der Waals surface area contributed by atoms with Crippen LogP contribution in [0.5, 0.6) is 0 Å². The van der Waals surface area contributed by atoms with Gasteiger partial charge in [-0.3, -0.25) is 0 Å². The number of amides is 2. The highest BCUT2D eigenvalue weighted by Crippen LogP contribution is 2.32. The fourth-order valence-electron chi connectivity index (χ4n) is 1.07. The molecule has 0 aromatic carbocycles. The number of carboxylic acids is 1. The minimum Gasteiger partial charge on any atom is -0.480 e. The third-order valence-corrected chi connectivity index (χ3v) is 2.04. The first kappa shape index (κ1) is 9.83. The summed E-state index contributed by atoms with van der Waals surface area (Å²) in [4.78, 5) is 23.2. The lowest BCUT2D eigenvalue weighted by molar-refractivity contribution is -0.139. The van der Waals surface area contributed by atoms with E-state index in [4.69, 9.17) is 5.11 Å². The first-order valence-corrected chi connectivity index (χ1v) is 4.23. The fraction of sp³-hybridized carbons (Fsp3) is 0.750. The zero-order chi connectivity index (χ0) is 10.0. The Morgan fingerprint density at radius 3 is 2.31 bits per heavy atom. The van der Waals surface area contributed by atoms with Crippen molar-refractivity contribution in [1.29, 1.82) is 0 Å². The van der Waals surface area contributed by atoms with Crippen LogP contribution >= 0.6 is 0 Å². The maximum absolute atomic E-state index is 11.1. The van der Waals surface area contributed by atoms with E-state index >= 15 is 0 Å². The molecule has 5 nitrogen and oxygen atoms in total. The number of urea groups is 1. The molecule has 1 aliphatic rings. The van der Waals surface area contributed by atoms with Gasteiger partial charge in [-0.25, -0.2) is 9.59 Å². The van der Waals surface area contributed by atoms with Crippen molar-refractivity contribution < 1.29 is 14.7 Å². The van der Waals surface area contributed by atoms with Crippen molar-refractivity contribution in [2.45, 2.75) is 18.9 Å². The van der Waals surface area contributed by atoms with Crippen LogP contribution in [0.3, 0.4) is 0 Å². The molecular formula is C8H14N2O3. The van der Waals surface area contributed by atoms with Gasteiger partial charge in [0, 0.05) is 14.1 Å². The van der Waals surface area contributed by atoms with Crippen LogP contribution in [-0.4, -0.2) is 42.1 Å². The van der Waals surface area contributed by atoms with Gasteiger partial charge in [0.15, 0.2) is 0 Å². The molecule has 0 spiro atoms. The van der Waals surface area contributed by atoms with Crippen molar-refractivity contribution in [2.24, 2.45) is 5.92 Å². The van der Waals surface area contributed by atoms with Gasteiger partial charge in [0.1, 0.15) is 6.04 Å². The van der Waals surface area contributed by atoms with Gasteiger partial charge >= 0.3 is 12.0 Å². The quantitative estimate of drug-likeness (QED) is 0.657. The molecule has 1 rings (SSSR count). The molecule has 2 N–H and O–H groups in total. The summed E-state index contributed by atoms with van der Waals surface area (Å²) in [6.07, 6.45) is 1.79. The van der Waals surface area contributed by atoms with E-state index in [0.717, 1.165) is 12.8 Å². The van der Waals surface area contributed by atoms with Crippen molar-refractivity contribution in [3.8, 4) is 0 Å². The summed E-state index contributed by atoms with van der Waals surface area (Å²) in [5, 5.41) is 11.2. The number of carbonyl (C=O) groups is 2. The van der Waals surface area contributed by atoms with Crippen molar-refractivity contribution >= 4 is 12.0 Å². The molecule has 13 heavy (non-hydrogen) atoms. The van der Waals surface area contributed by atoms with Gasteiger partial charge in [-0.05, 0) is 18.8 Å². The summed E-state index contributed by atoms with van der Waals surface area (Å²) < 4.78 is 0. The lowest BCUT2D eigenvalue weighted by Crippen LogP contribution is -2.46. The normalized spacial score (nSPS) is 17.7. The number of nitrogens with zero attached hydrogens (tertiary/aromatic N) is 1. The average Bonchev–Trinajstić information content (AvgIpc) is 2.81. The molecule has 0 aromatic rings. The summed E-state index contributed by atoms with van der Waals surface area (Å²) in [6.45, 7) is 0. The summed E-state index contributed by atoms with van der Waals surface area (Å²) in [5.74, 6) is -0.820. The third-order valence-electron chi connectivity index (χ3n) is 2.04. The molecule has 5 heteroatoms. The zero-order valence-electron chi connectivity index (χ0n) is 7.78. The topological polar surface area (TPSA) is 69.6 Å². The van der Waals surface area contributed by atoms with Crippen LogP contribution in [0.2, 0.25) is 0 Å². The van der Waals surface area contributed by atoms with Crippen molar-refractivity contribution in [2.75, 3.05) is 14.1 Å². The van der Waals surface area contributed by atoms with Gasteiger partial charge in [0.2, 0.25) is 0 Å². The van der Waals surface area contributed by atoms with Gasteiger partial charge in [-0.2, -0.15) is 0 Å². The summed E-state index contributed by atoms with van der Waals surface area (Å²) in [5.41, 5.74) is 0. The minimum absolute atomic E-state index is 0.126. The molecule has 1 atom stereocenters. The lowest BCUT2D eigenvalue weighted by Gasteiger charge is -2.17. The number of carboxylic acid groups (broad SMARTS) is 1. The van der Waals surface area contributed by atoms with E-state index in [0.29, 0.717) is 0 Å². The van der Waals surface area contributed by atoms with Crippen molar-refractivity contribution in [1.82, 2.24) is 10.2 Å². The first-order chi connectivity index (χ1) is 6.02. The second-order valence-electron chi connectivity index (χ2n) is 3.50. The van der Waals surface area contributed by atoms with Crippen LogP contribution in [0.25, 0.3) is 0 Å². The Kier molecular flexibility index (Phi) is 2.75. The summed E-state index contributed by atoms with van der Waals surface area (Å²) >= 11 is 0. The van der Waals surface area contributed by atoms with E-state index in [1.54, 1.807) is 14.1 Å². The van der Waals surface area contributed by atoms with E-state index in [9.17, 15) is 9.59 Å². The molecule has 0 radical (unpaired) electrons. The van der Waals surface area contributed by atoms with Gasteiger partial charge < -0.3 is 15.3 Å². The van der Waals surface area contributed by atoms with Crippen LogP contribution in [0.1, 0.15) is 12.8 Å². The number of carbonyl (C=O) groups excluding carboxylic acids is 1. The minimum atomic E-state index is -0.947. The van der Waals surface area contributed by atoms with E-state index < -0.39 is 12.0 Å². The SMILES string of the molecule is CN(C)C(=O)NC(C(=O)O)C1CC1. The zero-order valence-corrected chi connectivity index (χ0v) is 7.78. The Morgan fingerprint density at radius 1 is 1.46 bits per heavy atom. The van der Waals surface area contributed by atoms with E-state index in [1.165, 1.54) is 4.90 Å². The second kappa shape index (κ2) is 3.64. The van der Waals surface area contributed by atoms with Gasteiger partial charge in [0.25, 0.3) is 0 Å². The summed E-state index contributed by atoms with van der Waals surface area (Å²) in [6, 6.07) is -1.06. The predicted molar refractivity (Wildman–Crippen MR) is 46.4 cm³/mol. The van der Waals surface area contributed by atoms with Crippen LogP contribution in [0, 0.1) is 5.92 Å². The molecule has 1 unspecified atom stereocenters. The number of hydrogen-bond acceptors (Lipinski definition) is 2. The van der Waals surface area contributed by atoms with Crippen LogP contribution in [0.15, 0.2) is 0 Å². The standard InChI is InChI=1S/C8H14N2O3/c1-10(2)8(13)9-6(7(11)12)5-3-4-5/h5-6H,3-4H2,1-2H3,(H,9,13)(H,11,12). The predicted octanol–water partition coefficient (Wildman–Crippen LogP) is 0.121. The van der Waals surface area contributed by atoms with Crippen LogP contribution < -0.4 is 5.32 Å². The van der Waals surface area contributed by atoms with Crippen LogP contribution in [0.4, 0.5) is 4.79 Å². The summed E-state index contributed by atoms with van der Waals surface area (Å²) in [7, 11) is 3.17. The Balaban J connectivity index is 2.47. The molecule has 1 fully saturated rings. The number of rotatable bonds is 3.